The number of fused-ring (bicyclic) bond motifs is 1. The molecule has 1 amide bonds. The number of aryl methyl sites for hydroxylation is 1. The number of hydrogen-bond acceptors (Lipinski definition) is 8. The highest BCUT2D eigenvalue weighted by molar-refractivity contribution is 7.98. The Kier molecular flexibility index (Phi) is 7.35. The second-order valence-corrected chi connectivity index (χ2v) is 10.2. The summed E-state index contributed by atoms with van der Waals surface area (Å²) in [6.07, 6.45) is 3.91. The first-order chi connectivity index (χ1) is 17.5. The molecule has 188 valence electrons. The Balaban J connectivity index is 1.06. The van der Waals surface area contributed by atoms with Crippen molar-refractivity contribution in [2.24, 2.45) is 0 Å². The fraction of sp³-hybridized carbons (Fsp3) is 0.444. The SMILES string of the molecule is CSc1ccc2oc(N3CCN(C(=O)COC4CCN(c5ccc(C#N)c(C)c5)CC4)CC3)nc2c1. The Hall–Kier alpha value is -3.22. The van der Waals surface area contributed by atoms with E-state index in [4.69, 9.17) is 14.4 Å². The van der Waals surface area contributed by atoms with Crippen molar-refractivity contribution in [2.75, 3.05) is 61.9 Å². The van der Waals surface area contributed by atoms with Crippen molar-refractivity contribution in [1.82, 2.24) is 9.88 Å². The van der Waals surface area contributed by atoms with E-state index >= 15 is 0 Å². The first kappa shape index (κ1) is 24.5. The number of nitriles is 1. The first-order valence-corrected chi connectivity index (χ1v) is 13.6. The zero-order chi connectivity index (χ0) is 25.1. The number of anilines is 2. The standard InChI is InChI=1S/C27H31N5O3S/c1-19-15-21(4-3-20(19)17-28)30-9-7-22(8-10-30)34-18-26(33)31-11-13-32(14-12-31)27-29-24-16-23(36-2)5-6-25(24)35-27/h3-6,15-16,22H,7-14,18H2,1-2H3. The molecule has 2 aliphatic rings. The summed E-state index contributed by atoms with van der Waals surface area (Å²) in [5.74, 6) is 0.0435. The van der Waals surface area contributed by atoms with Crippen LogP contribution in [0.15, 0.2) is 45.7 Å². The predicted octanol–water partition coefficient (Wildman–Crippen LogP) is 4.06. The zero-order valence-corrected chi connectivity index (χ0v) is 21.6. The lowest BCUT2D eigenvalue weighted by atomic mass is 10.0. The maximum absolute atomic E-state index is 12.8. The van der Waals surface area contributed by atoms with Gasteiger partial charge in [0.05, 0.1) is 17.7 Å². The minimum absolute atomic E-state index is 0.0435. The molecule has 0 aliphatic carbocycles. The molecule has 0 N–H and O–H groups in total. The van der Waals surface area contributed by atoms with Crippen molar-refractivity contribution in [3.63, 3.8) is 0 Å². The van der Waals surface area contributed by atoms with Crippen LogP contribution in [0.4, 0.5) is 11.7 Å². The van der Waals surface area contributed by atoms with Crippen LogP contribution in [0.3, 0.4) is 0 Å². The smallest absolute Gasteiger partial charge is 0.298 e. The van der Waals surface area contributed by atoms with Gasteiger partial charge in [0.15, 0.2) is 5.58 Å². The number of ether oxygens (including phenoxy) is 1. The Morgan fingerprint density at radius 2 is 1.89 bits per heavy atom. The first-order valence-electron chi connectivity index (χ1n) is 12.4. The molecular weight excluding hydrogens is 474 g/mol. The number of oxazole rings is 1. The number of rotatable bonds is 6. The summed E-state index contributed by atoms with van der Waals surface area (Å²) in [5.41, 5.74) is 4.51. The Morgan fingerprint density at radius 1 is 1.11 bits per heavy atom. The van der Waals surface area contributed by atoms with Crippen molar-refractivity contribution in [1.29, 1.82) is 5.26 Å². The zero-order valence-electron chi connectivity index (χ0n) is 20.8. The minimum atomic E-state index is 0.0435. The van der Waals surface area contributed by atoms with Crippen LogP contribution < -0.4 is 9.80 Å². The van der Waals surface area contributed by atoms with Crippen molar-refractivity contribution in [2.45, 2.75) is 30.8 Å². The third kappa shape index (κ3) is 5.30. The van der Waals surface area contributed by atoms with Gasteiger partial charge in [0.1, 0.15) is 12.1 Å². The Bertz CT molecular complexity index is 1270. The number of thioether (sulfide) groups is 1. The summed E-state index contributed by atoms with van der Waals surface area (Å²) in [6.45, 7) is 6.50. The van der Waals surface area contributed by atoms with Crippen LogP contribution in [0.1, 0.15) is 24.0 Å². The van der Waals surface area contributed by atoms with Crippen LogP contribution in [-0.4, -0.2) is 74.0 Å². The summed E-state index contributed by atoms with van der Waals surface area (Å²) in [7, 11) is 0. The molecule has 36 heavy (non-hydrogen) atoms. The van der Waals surface area contributed by atoms with E-state index in [9.17, 15) is 4.79 Å². The highest BCUT2D eigenvalue weighted by atomic mass is 32.2. The van der Waals surface area contributed by atoms with Crippen LogP contribution in [0.25, 0.3) is 11.1 Å². The van der Waals surface area contributed by atoms with Gasteiger partial charge in [0.2, 0.25) is 5.91 Å². The van der Waals surface area contributed by atoms with Gasteiger partial charge in [-0.15, -0.1) is 11.8 Å². The number of amides is 1. The molecular formula is C27H31N5O3S. The quantitative estimate of drug-likeness (QED) is 0.464. The molecule has 0 atom stereocenters. The average molecular weight is 506 g/mol. The van der Waals surface area contributed by atoms with Gasteiger partial charge < -0.3 is 23.9 Å². The number of piperidine rings is 1. The third-order valence-corrected chi connectivity index (χ3v) is 7.79. The van der Waals surface area contributed by atoms with Crippen molar-refractivity contribution < 1.29 is 13.9 Å². The van der Waals surface area contributed by atoms with Gasteiger partial charge in [0, 0.05) is 49.9 Å². The number of nitrogens with zero attached hydrogens (tertiary/aromatic N) is 5. The molecule has 0 spiro atoms. The molecule has 2 aliphatic heterocycles. The summed E-state index contributed by atoms with van der Waals surface area (Å²) in [6, 6.07) is 14.9. The molecule has 0 unspecified atom stereocenters. The number of benzene rings is 2. The molecule has 0 bridgehead atoms. The number of carbonyl (C=O) groups is 1. The Morgan fingerprint density at radius 3 is 2.58 bits per heavy atom. The molecule has 0 saturated carbocycles. The third-order valence-electron chi connectivity index (χ3n) is 7.07. The number of hydrogen-bond donors (Lipinski definition) is 0. The lowest BCUT2D eigenvalue weighted by Gasteiger charge is -2.35. The van der Waals surface area contributed by atoms with Gasteiger partial charge in [-0.3, -0.25) is 4.79 Å². The maximum Gasteiger partial charge on any atom is 0.298 e. The minimum Gasteiger partial charge on any atom is -0.423 e. The summed E-state index contributed by atoms with van der Waals surface area (Å²) in [5, 5.41) is 9.14. The van der Waals surface area contributed by atoms with Crippen LogP contribution >= 0.6 is 11.8 Å². The maximum atomic E-state index is 12.8. The molecule has 2 saturated heterocycles. The second kappa shape index (κ2) is 10.8. The molecule has 3 aromatic rings. The molecule has 8 nitrogen and oxygen atoms in total. The highest BCUT2D eigenvalue weighted by Crippen LogP contribution is 2.27. The predicted molar refractivity (Wildman–Crippen MR) is 142 cm³/mol. The molecule has 9 heteroatoms. The van der Waals surface area contributed by atoms with E-state index in [1.165, 1.54) is 0 Å². The molecule has 5 rings (SSSR count). The van der Waals surface area contributed by atoms with Gasteiger partial charge in [-0.25, -0.2) is 0 Å². The van der Waals surface area contributed by atoms with E-state index in [-0.39, 0.29) is 18.6 Å². The van der Waals surface area contributed by atoms with Gasteiger partial charge in [0.25, 0.3) is 6.01 Å². The normalized spacial score (nSPS) is 17.0. The van der Waals surface area contributed by atoms with E-state index in [0.29, 0.717) is 32.2 Å². The van der Waals surface area contributed by atoms with Crippen LogP contribution in [0.2, 0.25) is 0 Å². The monoisotopic (exact) mass is 505 g/mol. The van der Waals surface area contributed by atoms with Crippen molar-refractivity contribution >= 4 is 40.5 Å². The highest BCUT2D eigenvalue weighted by Gasteiger charge is 2.26. The fourth-order valence-corrected chi connectivity index (χ4v) is 5.27. The second-order valence-electron chi connectivity index (χ2n) is 9.31. The van der Waals surface area contributed by atoms with Crippen LogP contribution in [-0.2, 0) is 9.53 Å². The molecule has 0 radical (unpaired) electrons. The van der Waals surface area contributed by atoms with Gasteiger partial charge in [-0.2, -0.15) is 10.2 Å². The topological polar surface area (TPSA) is 85.8 Å². The number of piperazine rings is 1. The van der Waals surface area contributed by atoms with Crippen LogP contribution in [0, 0.1) is 18.3 Å². The van der Waals surface area contributed by atoms with E-state index in [1.807, 2.05) is 48.4 Å². The average Bonchev–Trinajstić information content (AvgIpc) is 3.35. The molecule has 3 heterocycles. The van der Waals surface area contributed by atoms with E-state index in [1.54, 1.807) is 11.8 Å². The van der Waals surface area contributed by atoms with Gasteiger partial charge in [-0.05, 0) is 68.0 Å². The van der Waals surface area contributed by atoms with Gasteiger partial charge in [-0.1, -0.05) is 0 Å². The van der Waals surface area contributed by atoms with E-state index < -0.39 is 0 Å². The molecule has 2 aromatic carbocycles. The van der Waals surface area contributed by atoms with E-state index in [0.717, 1.165) is 58.7 Å². The fourth-order valence-electron chi connectivity index (χ4n) is 4.84. The lowest BCUT2D eigenvalue weighted by Crippen LogP contribution is -2.50. The number of aromatic nitrogens is 1. The number of carbonyl (C=O) groups excluding carboxylic acids is 1. The van der Waals surface area contributed by atoms with E-state index in [2.05, 4.69) is 26.9 Å². The van der Waals surface area contributed by atoms with Crippen molar-refractivity contribution in [3.8, 4) is 6.07 Å². The van der Waals surface area contributed by atoms with Crippen molar-refractivity contribution in [3.05, 3.63) is 47.5 Å². The lowest BCUT2D eigenvalue weighted by molar-refractivity contribution is -0.138. The van der Waals surface area contributed by atoms with Gasteiger partial charge >= 0.3 is 0 Å². The molecule has 1 aromatic heterocycles. The Labute approximate surface area is 215 Å². The summed E-state index contributed by atoms with van der Waals surface area (Å²) >= 11 is 1.68. The largest absolute Gasteiger partial charge is 0.423 e. The summed E-state index contributed by atoms with van der Waals surface area (Å²) in [4.78, 5) is 24.9. The summed E-state index contributed by atoms with van der Waals surface area (Å²) < 4.78 is 12.0. The molecule has 2 fully saturated rings. The van der Waals surface area contributed by atoms with Crippen LogP contribution in [0.5, 0.6) is 0 Å².